The van der Waals surface area contributed by atoms with Crippen LogP contribution in [-0.2, 0) is 9.47 Å². The van der Waals surface area contributed by atoms with E-state index in [9.17, 15) is 0 Å². The first-order valence-corrected chi connectivity index (χ1v) is 7.90. The molecule has 0 aliphatic carbocycles. The molecule has 1 atom stereocenters. The molecule has 0 radical (unpaired) electrons. The minimum absolute atomic E-state index is 0.00440. The molecule has 2 fully saturated rings. The first-order chi connectivity index (χ1) is 10.2. The molecule has 0 saturated carbocycles. The van der Waals surface area contributed by atoms with Gasteiger partial charge in [0.1, 0.15) is 5.75 Å². The molecule has 1 unspecified atom stereocenters. The first kappa shape index (κ1) is 14.9. The Labute approximate surface area is 130 Å². The highest BCUT2D eigenvalue weighted by molar-refractivity contribution is 6.32. The average molecular weight is 312 g/mol. The molecule has 21 heavy (non-hydrogen) atoms. The number of nitrogens with one attached hydrogen (secondary N) is 1. The van der Waals surface area contributed by atoms with Crippen molar-refractivity contribution in [2.45, 2.75) is 37.3 Å². The highest BCUT2D eigenvalue weighted by Crippen LogP contribution is 2.36. The third-order valence-corrected chi connectivity index (χ3v) is 4.71. The third-order valence-electron chi connectivity index (χ3n) is 4.42. The Kier molecular flexibility index (Phi) is 4.57. The van der Waals surface area contributed by atoms with Crippen molar-refractivity contribution < 1.29 is 14.2 Å². The van der Waals surface area contributed by atoms with Crippen LogP contribution in [0.3, 0.4) is 0 Å². The van der Waals surface area contributed by atoms with Crippen LogP contribution >= 0.6 is 11.6 Å². The van der Waals surface area contributed by atoms with Crippen molar-refractivity contribution in [3.05, 3.63) is 23.2 Å². The summed E-state index contributed by atoms with van der Waals surface area (Å²) in [4.78, 5) is 0. The minimum Gasteiger partial charge on any atom is -0.495 e. The van der Waals surface area contributed by atoms with Gasteiger partial charge in [-0.1, -0.05) is 11.6 Å². The van der Waals surface area contributed by atoms with Gasteiger partial charge in [-0.3, -0.25) is 0 Å². The molecule has 1 aromatic carbocycles. The van der Waals surface area contributed by atoms with E-state index in [0.717, 1.165) is 51.2 Å². The molecule has 2 saturated heterocycles. The molecular weight excluding hydrogens is 290 g/mol. The van der Waals surface area contributed by atoms with Crippen molar-refractivity contribution in [2.24, 2.45) is 0 Å². The second-order valence-electron chi connectivity index (χ2n) is 5.83. The SMILES string of the molecule is COc1ccc(NC2CCOC3(CCOCC3)C2)cc1Cl. The summed E-state index contributed by atoms with van der Waals surface area (Å²) >= 11 is 6.18. The molecule has 0 amide bonds. The zero-order valence-corrected chi connectivity index (χ0v) is 13.1. The van der Waals surface area contributed by atoms with Gasteiger partial charge in [0, 0.05) is 31.5 Å². The van der Waals surface area contributed by atoms with Crippen molar-refractivity contribution in [1.82, 2.24) is 0 Å². The Hall–Kier alpha value is -0.970. The summed E-state index contributed by atoms with van der Waals surface area (Å²) in [6.45, 7) is 2.42. The standard InChI is InChI=1S/C16H22ClNO3/c1-19-15-3-2-12(10-14(15)17)18-13-4-7-21-16(11-13)5-8-20-9-6-16/h2-3,10,13,18H,4-9,11H2,1H3. The largest absolute Gasteiger partial charge is 0.495 e. The highest BCUT2D eigenvalue weighted by Gasteiger charge is 2.38. The van der Waals surface area contributed by atoms with Crippen molar-refractivity contribution in [3.63, 3.8) is 0 Å². The smallest absolute Gasteiger partial charge is 0.137 e. The fraction of sp³-hybridized carbons (Fsp3) is 0.625. The van der Waals surface area contributed by atoms with Crippen LogP contribution in [0.25, 0.3) is 0 Å². The van der Waals surface area contributed by atoms with Gasteiger partial charge >= 0.3 is 0 Å². The fourth-order valence-electron chi connectivity index (χ4n) is 3.23. The van der Waals surface area contributed by atoms with E-state index in [2.05, 4.69) is 5.32 Å². The van der Waals surface area contributed by atoms with Crippen LogP contribution in [0.15, 0.2) is 18.2 Å². The normalized spacial score (nSPS) is 24.8. The minimum atomic E-state index is 0.00440. The van der Waals surface area contributed by atoms with Gasteiger partial charge < -0.3 is 19.5 Å². The summed E-state index contributed by atoms with van der Waals surface area (Å²) in [6.07, 6.45) is 4.04. The molecular formula is C16H22ClNO3. The van der Waals surface area contributed by atoms with E-state index in [1.807, 2.05) is 18.2 Å². The van der Waals surface area contributed by atoms with Gasteiger partial charge in [0.15, 0.2) is 0 Å². The Morgan fingerprint density at radius 2 is 2.10 bits per heavy atom. The third kappa shape index (κ3) is 3.44. The molecule has 3 rings (SSSR count). The maximum absolute atomic E-state index is 6.18. The van der Waals surface area contributed by atoms with Crippen LogP contribution in [0.2, 0.25) is 5.02 Å². The summed E-state index contributed by atoms with van der Waals surface area (Å²) in [5.41, 5.74) is 1.04. The van der Waals surface area contributed by atoms with Crippen molar-refractivity contribution in [3.8, 4) is 5.75 Å². The monoisotopic (exact) mass is 311 g/mol. The van der Waals surface area contributed by atoms with Gasteiger partial charge in [0.05, 0.1) is 17.7 Å². The quantitative estimate of drug-likeness (QED) is 0.927. The maximum Gasteiger partial charge on any atom is 0.137 e. The molecule has 5 heteroatoms. The predicted octanol–water partition coefficient (Wildman–Crippen LogP) is 3.49. The van der Waals surface area contributed by atoms with Gasteiger partial charge in [-0.25, -0.2) is 0 Å². The first-order valence-electron chi connectivity index (χ1n) is 7.53. The molecule has 4 nitrogen and oxygen atoms in total. The second kappa shape index (κ2) is 6.42. The van der Waals surface area contributed by atoms with Gasteiger partial charge in [0.2, 0.25) is 0 Å². The zero-order chi connectivity index (χ0) is 14.7. The molecule has 2 heterocycles. The highest BCUT2D eigenvalue weighted by atomic mass is 35.5. The number of halogens is 1. The molecule has 1 spiro atoms. The number of rotatable bonds is 3. The summed E-state index contributed by atoms with van der Waals surface area (Å²) in [5, 5.41) is 4.22. The Bertz CT molecular complexity index is 483. The van der Waals surface area contributed by atoms with E-state index in [1.54, 1.807) is 7.11 Å². The lowest BCUT2D eigenvalue weighted by molar-refractivity contribution is -0.135. The molecule has 0 aromatic heterocycles. The molecule has 116 valence electrons. The van der Waals surface area contributed by atoms with E-state index >= 15 is 0 Å². The van der Waals surface area contributed by atoms with E-state index in [-0.39, 0.29) is 5.60 Å². The maximum atomic E-state index is 6.18. The van der Waals surface area contributed by atoms with E-state index < -0.39 is 0 Å². The van der Waals surface area contributed by atoms with Crippen molar-refractivity contribution >= 4 is 17.3 Å². The lowest BCUT2D eigenvalue weighted by atomic mass is 9.84. The molecule has 1 aromatic rings. The average Bonchev–Trinajstić information content (AvgIpc) is 2.48. The lowest BCUT2D eigenvalue weighted by Gasteiger charge is -2.43. The number of hydrogen-bond donors (Lipinski definition) is 1. The van der Waals surface area contributed by atoms with Crippen LogP contribution < -0.4 is 10.1 Å². The van der Waals surface area contributed by atoms with Crippen LogP contribution in [0.1, 0.15) is 25.7 Å². The van der Waals surface area contributed by atoms with Gasteiger partial charge in [-0.2, -0.15) is 0 Å². The molecule has 0 bridgehead atoms. The fourth-order valence-corrected chi connectivity index (χ4v) is 3.49. The number of anilines is 1. The summed E-state index contributed by atoms with van der Waals surface area (Å²) in [7, 11) is 1.63. The predicted molar refractivity (Wildman–Crippen MR) is 83.4 cm³/mol. The number of hydrogen-bond acceptors (Lipinski definition) is 4. The Balaban J connectivity index is 1.65. The van der Waals surface area contributed by atoms with E-state index in [1.165, 1.54) is 0 Å². The van der Waals surface area contributed by atoms with Crippen molar-refractivity contribution in [1.29, 1.82) is 0 Å². The van der Waals surface area contributed by atoms with E-state index in [4.69, 9.17) is 25.8 Å². The molecule has 2 aliphatic rings. The van der Waals surface area contributed by atoms with Crippen LogP contribution in [0, 0.1) is 0 Å². The lowest BCUT2D eigenvalue weighted by Crippen LogP contribution is -2.47. The van der Waals surface area contributed by atoms with Gasteiger partial charge in [-0.15, -0.1) is 0 Å². The Morgan fingerprint density at radius 3 is 2.81 bits per heavy atom. The summed E-state index contributed by atoms with van der Waals surface area (Å²) < 4.78 is 16.7. The van der Waals surface area contributed by atoms with Crippen LogP contribution in [0.4, 0.5) is 5.69 Å². The number of methoxy groups -OCH3 is 1. The number of ether oxygens (including phenoxy) is 3. The number of benzene rings is 1. The van der Waals surface area contributed by atoms with E-state index in [0.29, 0.717) is 16.8 Å². The molecule has 1 N–H and O–H groups in total. The van der Waals surface area contributed by atoms with Crippen molar-refractivity contribution in [2.75, 3.05) is 32.2 Å². The summed E-state index contributed by atoms with van der Waals surface area (Å²) in [6, 6.07) is 6.25. The van der Waals surface area contributed by atoms with Crippen LogP contribution in [-0.4, -0.2) is 38.6 Å². The molecule has 2 aliphatic heterocycles. The summed E-state index contributed by atoms with van der Waals surface area (Å²) in [5.74, 6) is 0.704. The van der Waals surface area contributed by atoms with Gasteiger partial charge in [-0.05, 0) is 43.9 Å². The second-order valence-corrected chi connectivity index (χ2v) is 6.23. The van der Waals surface area contributed by atoms with Crippen LogP contribution in [0.5, 0.6) is 5.75 Å². The van der Waals surface area contributed by atoms with Gasteiger partial charge in [0.25, 0.3) is 0 Å². The Morgan fingerprint density at radius 1 is 1.29 bits per heavy atom. The zero-order valence-electron chi connectivity index (χ0n) is 12.4. The topological polar surface area (TPSA) is 39.7 Å².